The molecule has 1 atom stereocenters. The van der Waals surface area contributed by atoms with Crippen LogP contribution in [0.4, 0.5) is 0 Å². The molecule has 1 aromatic carbocycles. The SMILES string of the molecule is CCNC(CCO)COc1ccc(C(C)C)cc1. The van der Waals surface area contributed by atoms with Crippen molar-refractivity contribution in [3.05, 3.63) is 29.8 Å². The number of likely N-dealkylation sites (N-methyl/N-ethyl adjacent to an activating group) is 1. The first-order chi connectivity index (χ1) is 8.67. The molecule has 0 radical (unpaired) electrons. The van der Waals surface area contributed by atoms with Crippen LogP contribution in [0.1, 0.15) is 38.7 Å². The second-order valence-electron chi connectivity index (χ2n) is 4.80. The van der Waals surface area contributed by atoms with E-state index in [4.69, 9.17) is 9.84 Å². The van der Waals surface area contributed by atoms with E-state index in [1.165, 1.54) is 5.56 Å². The molecule has 0 aromatic heterocycles. The highest BCUT2D eigenvalue weighted by molar-refractivity contribution is 5.28. The highest BCUT2D eigenvalue weighted by atomic mass is 16.5. The largest absolute Gasteiger partial charge is 0.492 e. The number of hydrogen-bond donors (Lipinski definition) is 2. The van der Waals surface area contributed by atoms with Crippen LogP contribution in [0.3, 0.4) is 0 Å². The van der Waals surface area contributed by atoms with Gasteiger partial charge in [-0.3, -0.25) is 0 Å². The van der Waals surface area contributed by atoms with Gasteiger partial charge < -0.3 is 15.2 Å². The minimum absolute atomic E-state index is 0.188. The lowest BCUT2D eigenvalue weighted by Gasteiger charge is -2.17. The second kappa shape index (κ2) is 8.11. The summed E-state index contributed by atoms with van der Waals surface area (Å²) in [6.45, 7) is 8.08. The number of aliphatic hydroxyl groups excluding tert-OH is 1. The maximum absolute atomic E-state index is 8.96. The average molecular weight is 251 g/mol. The van der Waals surface area contributed by atoms with Gasteiger partial charge in [-0.2, -0.15) is 0 Å². The topological polar surface area (TPSA) is 41.5 Å². The van der Waals surface area contributed by atoms with Gasteiger partial charge in [-0.25, -0.2) is 0 Å². The van der Waals surface area contributed by atoms with Crippen LogP contribution in [0, 0.1) is 0 Å². The van der Waals surface area contributed by atoms with E-state index in [0.29, 0.717) is 12.5 Å². The minimum Gasteiger partial charge on any atom is -0.492 e. The van der Waals surface area contributed by atoms with Gasteiger partial charge in [0.15, 0.2) is 0 Å². The molecule has 0 saturated carbocycles. The van der Waals surface area contributed by atoms with Gasteiger partial charge in [-0.05, 0) is 36.6 Å². The van der Waals surface area contributed by atoms with Gasteiger partial charge in [0.1, 0.15) is 12.4 Å². The van der Waals surface area contributed by atoms with Crippen molar-refractivity contribution in [3.8, 4) is 5.75 Å². The molecule has 0 aliphatic carbocycles. The third-order valence-electron chi connectivity index (χ3n) is 2.97. The fourth-order valence-corrected chi connectivity index (χ4v) is 1.83. The number of nitrogens with one attached hydrogen (secondary N) is 1. The Morgan fingerprint density at radius 3 is 2.39 bits per heavy atom. The highest BCUT2D eigenvalue weighted by Crippen LogP contribution is 2.18. The van der Waals surface area contributed by atoms with Crippen LogP contribution in [0.25, 0.3) is 0 Å². The molecule has 102 valence electrons. The van der Waals surface area contributed by atoms with Crippen molar-refractivity contribution in [2.24, 2.45) is 0 Å². The van der Waals surface area contributed by atoms with Crippen LogP contribution in [-0.4, -0.2) is 30.9 Å². The van der Waals surface area contributed by atoms with E-state index in [1.54, 1.807) is 0 Å². The first-order valence-electron chi connectivity index (χ1n) is 6.74. The summed E-state index contributed by atoms with van der Waals surface area (Å²) in [6.07, 6.45) is 0.720. The molecular formula is C15H25NO2. The molecule has 0 saturated heterocycles. The molecule has 18 heavy (non-hydrogen) atoms. The molecule has 0 bridgehead atoms. The van der Waals surface area contributed by atoms with E-state index >= 15 is 0 Å². The van der Waals surface area contributed by atoms with Crippen molar-refractivity contribution in [1.82, 2.24) is 5.32 Å². The zero-order valence-corrected chi connectivity index (χ0v) is 11.6. The van der Waals surface area contributed by atoms with Gasteiger partial charge in [0.05, 0.1) is 0 Å². The van der Waals surface area contributed by atoms with Crippen molar-refractivity contribution in [1.29, 1.82) is 0 Å². The molecule has 0 aliphatic heterocycles. The van der Waals surface area contributed by atoms with Gasteiger partial charge >= 0.3 is 0 Å². The van der Waals surface area contributed by atoms with Crippen LogP contribution >= 0.6 is 0 Å². The lowest BCUT2D eigenvalue weighted by Crippen LogP contribution is -2.35. The van der Waals surface area contributed by atoms with Gasteiger partial charge in [0, 0.05) is 12.6 Å². The molecule has 0 spiro atoms. The monoisotopic (exact) mass is 251 g/mol. The van der Waals surface area contributed by atoms with Crippen LogP contribution in [0.5, 0.6) is 5.75 Å². The number of benzene rings is 1. The fourth-order valence-electron chi connectivity index (χ4n) is 1.83. The Bertz CT molecular complexity index is 316. The van der Waals surface area contributed by atoms with Crippen molar-refractivity contribution in [3.63, 3.8) is 0 Å². The quantitative estimate of drug-likeness (QED) is 0.746. The van der Waals surface area contributed by atoms with E-state index in [-0.39, 0.29) is 12.6 Å². The zero-order valence-electron chi connectivity index (χ0n) is 11.6. The lowest BCUT2D eigenvalue weighted by molar-refractivity contribution is 0.215. The predicted octanol–water partition coefficient (Wildman–Crippen LogP) is 2.55. The summed E-state index contributed by atoms with van der Waals surface area (Å²) < 4.78 is 5.73. The van der Waals surface area contributed by atoms with Crippen molar-refractivity contribution >= 4 is 0 Å². The van der Waals surface area contributed by atoms with E-state index in [0.717, 1.165) is 18.7 Å². The zero-order chi connectivity index (χ0) is 13.4. The van der Waals surface area contributed by atoms with Gasteiger partial charge in [0.25, 0.3) is 0 Å². The molecule has 1 unspecified atom stereocenters. The summed E-state index contributed by atoms with van der Waals surface area (Å²) >= 11 is 0. The Balaban J connectivity index is 2.46. The molecule has 3 nitrogen and oxygen atoms in total. The van der Waals surface area contributed by atoms with E-state index in [9.17, 15) is 0 Å². The molecule has 0 fully saturated rings. The summed E-state index contributed by atoms with van der Waals surface area (Å²) in [4.78, 5) is 0. The number of ether oxygens (including phenoxy) is 1. The summed E-state index contributed by atoms with van der Waals surface area (Å²) in [6, 6.07) is 8.45. The van der Waals surface area contributed by atoms with E-state index < -0.39 is 0 Å². The number of rotatable bonds is 8. The average Bonchev–Trinajstić information content (AvgIpc) is 2.37. The molecule has 1 aromatic rings. The molecule has 0 amide bonds. The Hall–Kier alpha value is -1.06. The van der Waals surface area contributed by atoms with Crippen LogP contribution < -0.4 is 10.1 Å². The second-order valence-corrected chi connectivity index (χ2v) is 4.80. The van der Waals surface area contributed by atoms with E-state index in [1.807, 2.05) is 12.1 Å². The lowest BCUT2D eigenvalue weighted by atomic mass is 10.0. The number of aliphatic hydroxyl groups is 1. The standard InChI is InChI=1S/C15H25NO2/c1-4-16-14(9-10-17)11-18-15-7-5-13(6-8-15)12(2)3/h5-8,12,14,16-17H,4,9-11H2,1-3H3. The Kier molecular flexibility index (Phi) is 6.76. The predicted molar refractivity (Wildman–Crippen MR) is 75.2 cm³/mol. The maximum Gasteiger partial charge on any atom is 0.119 e. The first-order valence-corrected chi connectivity index (χ1v) is 6.74. The maximum atomic E-state index is 8.96. The van der Waals surface area contributed by atoms with Crippen LogP contribution in [0.2, 0.25) is 0 Å². The Morgan fingerprint density at radius 1 is 1.22 bits per heavy atom. The molecular weight excluding hydrogens is 226 g/mol. The molecule has 0 aliphatic rings. The van der Waals surface area contributed by atoms with Crippen LogP contribution in [0.15, 0.2) is 24.3 Å². The van der Waals surface area contributed by atoms with Gasteiger partial charge in [0.2, 0.25) is 0 Å². The van der Waals surface area contributed by atoms with Gasteiger partial charge in [-0.15, -0.1) is 0 Å². The van der Waals surface area contributed by atoms with Crippen LogP contribution in [-0.2, 0) is 0 Å². The minimum atomic E-state index is 0.188. The van der Waals surface area contributed by atoms with Gasteiger partial charge in [-0.1, -0.05) is 32.9 Å². The van der Waals surface area contributed by atoms with Crippen molar-refractivity contribution in [2.75, 3.05) is 19.8 Å². The highest BCUT2D eigenvalue weighted by Gasteiger charge is 2.07. The third kappa shape index (κ3) is 5.07. The summed E-state index contributed by atoms with van der Waals surface area (Å²) in [5, 5.41) is 12.3. The van der Waals surface area contributed by atoms with Crippen molar-refractivity contribution in [2.45, 2.75) is 39.2 Å². The smallest absolute Gasteiger partial charge is 0.119 e. The molecule has 0 heterocycles. The normalized spacial score (nSPS) is 12.7. The molecule has 1 rings (SSSR count). The van der Waals surface area contributed by atoms with Crippen molar-refractivity contribution < 1.29 is 9.84 Å². The van der Waals surface area contributed by atoms with E-state index in [2.05, 4.69) is 38.2 Å². The Labute approximate surface area is 110 Å². The summed E-state index contributed by atoms with van der Waals surface area (Å²) in [5.41, 5.74) is 1.32. The third-order valence-corrected chi connectivity index (χ3v) is 2.97. The molecule has 2 N–H and O–H groups in total. The fraction of sp³-hybridized carbons (Fsp3) is 0.600. The Morgan fingerprint density at radius 2 is 1.89 bits per heavy atom. The summed E-state index contributed by atoms with van der Waals surface area (Å²) in [5.74, 6) is 1.43. The molecule has 3 heteroatoms. The first kappa shape index (κ1) is 15.0. The number of hydrogen-bond acceptors (Lipinski definition) is 3. The summed E-state index contributed by atoms with van der Waals surface area (Å²) in [7, 11) is 0.